The summed E-state index contributed by atoms with van der Waals surface area (Å²) in [5.41, 5.74) is 7.25. The third-order valence-electron chi connectivity index (χ3n) is 2.67. The van der Waals surface area contributed by atoms with Gasteiger partial charge in [0.2, 0.25) is 0 Å². The smallest absolute Gasteiger partial charge is 0.273 e. The van der Waals surface area contributed by atoms with Gasteiger partial charge < -0.3 is 15.5 Å². The van der Waals surface area contributed by atoms with Gasteiger partial charge in [-0.15, -0.1) is 0 Å². The monoisotopic (exact) mass is 235 g/mol. The van der Waals surface area contributed by atoms with Crippen LogP contribution in [-0.2, 0) is 6.42 Å². The summed E-state index contributed by atoms with van der Waals surface area (Å²) in [6, 6.07) is 2.95. The van der Waals surface area contributed by atoms with Gasteiger partial charge in [-0.3, -0.25) is 10.1 Å². The van der Waals surface area contributed by atoms with Gasteiger partial charge in [0.1, 0.15) is 5.75 Å². The van der Waals surface area contributed by atoms with Gasteiger partial charge in [-0.1, -0.05) is 0 Å². The lowest BCUT2D eigenvalue weighted by Gasteiger charge is -2.02. The van der Waals surface area contributed by atoms with Gasteiger partial charge in [0.05, 0.1) is 23.6 Å². The first-order valence-electron chi connectivity index (χ1n) is 5.19. The van der Waals surface area contributed by atoms with Crippen LogP contribution in [0.15, 0.2) is 18.3 Å². The molecule has 1 aromatic carbocycles. The number of rotatable bonds is 4. The molecule has 0 bridgehead atoms. The predicted octanol–water partition coefficient (Wildman–Crippen LogP) is 1.59. The average molecular weight is 235 g/mol. The second-order valence-electron chi connectivity index (χ2n) is 3.68. The molecule has 0 saturated heterocycles. The van der Waals surface area contributed by atoms with Crippen LogP contribution < -0.4 is 10.5 Å². The van der Waals surface area contributed by atoms with Gasteiger partial charge in [-0.25, -0.2) is 0 Å². The fourth-order valence-corrected chi connectivity index (χ4v) is 1.87. The SMILES string of the molecule is COc1cc([N+](=O)[O-])cc2c(CCN)c[nH]c12. The molecule has 0 aliphatic heterocycles. The Bertz CT molecular complexity index is 562. The highest BCUT2D eigenvalue weighted by atomic mass is 16.6. The Labute approximate surface area is 97.5 Å². The molecule has 0 saturated carbocycles. The lowest BCUT2D eigenvalue weighted by molar-refractivity contribution is -0.384. The van der Waals surface area contributed by atoms with Crippen molar-refractivity contribution >= 4 is 16.6 Å². The van der Waals surface area contributed by atoms with Gasteiger partial charge in [0.15, 0.2) is 0 Å². The Kier molecular flexibility index (Phi) is 2.97. The topological polar surface area (TPSA) is 94.2 Å². The van der Waals surface area contributed by atoms with Gasteiger partial charge in [-0.2, -0.15) is 0 Å². The van der Waals surface area contributed by atoms with E-state index >= 15 is 0 Å². The van der Waals surface area contributed by atoms with Crippen LogP contribution in [-0.4, -0.2) is 23.6 Å². The highest BCUT2D eigenvalue weighted by molar-refractivity contribution is 5.90. The van der Waals surface area contributed by atoms with Crippen LogP contribution in [0.5, 0.6) is 5.75 Å². The van der Waals surface area contributed by atoms with Crippen LogP contribution in [0.2, 0.25) is 0 Å². The molecular formula is C11H13N3O3. The molecule has 3 N–H and O–H groups in total. The van der Waals surface area contributed by atoms with Crippen molar-refractivity contribution in [2.24, 2.45) is 5.73 Å². The van der Waals surface area contributed by atoms with Gasteiger partial charge in [0.25, 0.3) is 5.69 Å². The lowest BCUT2D eigenvalue weighted by atomic mass is 10.1. The molecule has 0 fully saturated rings. The van der Waals surface area contributed by atoms with Crippen molar-refractivity contribution in [3.63, 3.8) is 0 Å². The van der Waals surface area contributed by atoms with Crippen molar-refractivity contribution in [2.45, 2.75) is 6.42 Å². The molecule has 0 amide bonds. The molecule has 0 aliphatic carbocycles. The normalized spacial score (nSPS) is 10.7. The minimum atomic E-state index is -0.429. The van der Waals surface area contributed by atoms with Crippen LogP contribution in [0.25, 0.3) is 10.9 Å². The third-order valence-corrected chi connectivity index (χ3v) is 2.67. The summed E-state index contributed by atoms with van der Waals surface area (Å²) in [5.74, 6) is 0.470. The first-order valence-corrected chi connectivity index (χ1v) is 5.19. The molecule has 2 aromatic rings. The zero-order valence-corrected chi connectivity index (χ0v) is 9.40. The molecule has 6 heteroatoms. The van der Waals surface area contributed by atoms with E-state index in [0.29, 0.717) is 18.7 Å². The highest BCUT2D eigenvalue weighted by Gasteiger charge is 2.15. The molecule has 1 aromatic heterocycles. The number of nitrogens with two attached hydrogens (primary N) is 1. The number of aromatic nitrogens is 1. The average Bonchev–Trinajstić information content (AvgIpc) is 2.72. The minimum Gasteiger partial charge on any atom is -0.494 e. The molecule has 90 valence electrons. The summed E-state index contributed by atoms with van der Waals surface area (Å²) in [5, 5.41) is 11.6. The number of hydrogen-bond acceptors (Lipinski definition) is 4. The van der Waals surface area contributed by atoms with E-state index in [1.165, 1.54) is 13.2 Å². The third kappa shape index (κ3) is 1.94. The van der Waals surface area contributed by atoms with Crippen LogP contribution in [0.4, 0.5) is 5.69 Å². The summed E-state index contributed by atoms with van der Waals surface area (Å²) in [6.45, 7) is 0.498. The number of nitrogens with one attached hydrogen (secondary N) is 1. The number of nitro groups is 1. The fraction of sp³-hybridized carbons (Fsp3) is 0.273. The number of hydrogen-bond donors (Lipinski definition) is 2. The Morgan fingerprint density at radius 1 is 1.53 bits per heavy atom. The number of H-pyrrole nitrogens is 1. The first kappa shape index (κ1) is 11.4. The zero-order chi connectivity index (χ0) is 12.4. The summed E-state index contributed by atoms with van der Waals surface area (Å²) in [4.78, 5) is 13.4. The number of aromatic amines is 1. The van der Waals surface area contributed by atoms with E-state index in [-0.39, 0.29) is 5.69 Å². The summed E-state index contributed by atoms with van der Waals surface area (Å²) in [7, 11) is 1.49. The number of methoxy groups -OCH3 is 1. The van der Waals surface area contributed by atoms with E-state index < -0.39 is 4.92 Å². The quantitative estimate of drug-likeness (QED) is 0.621. The van der Waals surface area contributed by atoms with Crippen molar-refractivity contribution in [3.8, 4) is 5.75 Å². The number of non-ortho nitro benzene ring substituents is 1. The fourth-order valence-electron chi connectivity index (χ4n) is 1.87. The van der Waals surface area contributed by atoms with E-state index in [4.69, 9.17) is 10.5 Å². The van der Waals surface area contributed by atoms with Crippen LogP contribution in [0.1, 0.15) is 5.56 Å². The molecule has 0 radical (unpaired) electrons. The van der Waals surface area contributed by atoms with Crippen molar-refractivity contribution in [1.29, 1.82) is 0 Å². The predicted molar refractivity (Wildman–Crippen MR) is 64.3 cm³/mol. The summed E-state index contributed by atoms with van der Waals surface area (Å²) in [6.07, 6.45) is 2.48. The Morgan fingerprint density at radius 2 is 2.29 bits per heavy atom. The zero-order valence-electron chi connectivity index (χ0n) is 9.40. The second-order valence-corrected chi connectivity index (χ2v) is 3.68. The largest absolute Gasteiger partial charge is 0.494 e. The van der Waals surface area contributed by atoms with Gasteiger partial charge in [0, 0.05) is 17.6 Å². The van der Waals surface area contributed by atoms with Crippen molar-refractivity contribution < 1.29 is 9.66 Å². The maximum atomic E-state index is 10.8. The Hall–Kier alpha value is -2.08. The molecule has 0 unspecified atom stereocenters. The molecule has 0 spiro atoms. The van der Waals surface area contributed by atoms with E-state index in [9.17, 15) is 10.1 Å². The summed E-state index contributed by atoms with van der Waals surface area (Å²) < 4.78 is 5.14. The number of ether oxygens (including phenoxy) is 1. The molecule has 6 nitrogen and oxygen atoms in total. The first-order chi connectivity index (χ1) is 8.17. The van der Waals surface area contributed by atoms with Crippen molar-refractivity contribution in [3.05, 3.63) is 34.0 Å². The van der Waals surface area contributed by atoms with Crippen LogP contribution in [0, 0.1) is 10.1 Å². The molecule has 0 aliphatic rings. The summed E-state index contributed by atoms with van der Waals surface area (Å²) >= 11 is 0. The van der Waals surface area contributed by atoms with Gasteiger partial charge >= 0.3 is 0 Å². The Balaban J connectivity index is 2.67. The molecule has 1 heterocycles. The van der Waals surface area contributed by atoms with Crippen LogP contribution in [0.3, 0.4) is 0 Å². The number of fused-ring (bicyclic) bond motifs is 1. The number of nitrogens with zero attached hydrogens (tertiary/aromatic N) is 1. The second kappa shape index (κ2) is 4.42. The maximum absolute atomic E-state index is 10.8. The lowest BCUT2D eigenvalue weighted by Crippen LogP contribution is -2.02. The van der Waals surface area contributed by atoms with E-state index in [1.807, 2.05) is 6.20 Å². The van der Waals surface area contributed by atoms with Gasteiger partial charge in [-0.05, 0) is 18.5 Å². The number of nitro benzene ring substituents is 1. The van der Waals surface area contributed by atoms with E-state index in [2.05, 4.69) is 4.98 Å². The van der Waals surface area contributed by atoms with E-state index in [1.54, 1.807) is 6.07 Å². The van der Waals surface area contributed by atoms with Crippen molar-refractivity contribution in [2.75, 3.05) is 13.7 Å². The standard InChI is InChI=1S/C11H13N3O3/c1-17-10-5-8(14(15)16)4-9-7(2-3-12)6-13-11(9)10/h4-6,13H,2-3,12H2,1H3. The Morgan fingerprint density at radius 3 is 2.88 bits per heavy atom. The van der Waals surface area contributed by atoms with Crippen molar-refractivity contribution in [1.82, 2.24) is 4.98 Å². The molecule has 17 heavy (non-hydrogen) atoms. The number of benzene rings is 1. The molecular weight excluding hydrogens is 222 g/mol. The van der Waals surface area contributed by atoms with E-state index in [0.717, 1.165) is 16.5 Å². The maximum Gasteiger partial charge on any atom is 0.273 e. The molecule has 2 rings (SSSR count). The highest BCUT2D eigenvalue weighted by Crippen LogP contribution is 2.32. The van der Waals surface area contributed by atoms with Crippen LogP contribution >= 0.6 is 0 Å². The molecule has 0 atom stereocenters. The minimum absolute atomic E-state index is 0.0206.